The van der Waals surface area contributed by atoms with Crippen LogP contribution in [0.3, 0.4) is 0 Å². The van der Waals surface area contributed by atoms with Crippen molar-refractivity contribution in [2.24, 2.45) is 7.05 Å². The first-order chi connectivity index (χ1) is 7.58. The number of carbonyl (C=O) groups is 1. The lowest BCUT2D eigenvalue weighted by Crippen LogP contribution is -2.40. The molecule has 5 heteroatoms. The van der Waals surface area contributed by atoms with Gasteiger partial charge in [-0.2, -0.15) is 5.10 Å². The number of likely N-dealkylation sites (N-methyl/N-ethyl adjacent to an activating group) is 1. The molecule has 1 aromatic rings. The molecule has 0 aromatic carbocycles. The summed E-state index contributed by atoms with van der Waals surface area (Å²) in [7, 11) is 3.56. The van der Waals surface area contributed by atoms with Crippen LogP contribution in [0.4, 0.5) is 0 Å². The van der Waals surface area contributed by atoms with E-state index in [1.165, 1.54) is 0 Å². The molecular formula is C11H20N4O. The Bertz CT molecular complexity index is 359. The smallest absolute Gasteiger partial charge is 0.236 e. The van der Waals surface area contributed by atoms with Gasteiger partial charge < -0.3 is 10.6 Å². The van der Waals surface area contributed by atoms with E-state index in [2.05, 4.69) is 28.7 Å². The van der Waals surface area contributed by atoms with E-state index in [1.807, 2.05) is 18.7 Å². The zero-order valence-corrected chi connectivity index (χ0v) is 10.4. The lowest BCUT2D eigenvalue weighted by atomic mass is 10.2. The number of nitrogens with one attached hydrogen (secondary N) is 2. The van der Waals surface area contributed by atoms with Crippen molar-refractivity contribution < 1.29 is 4.79 Å². The molecule has 0 fully saturated rings. The molecule has 1 aromatic heterocycles. The molecule has 16 heavy (non-hydrogen) atoms. The molecule has 0 saturated heterocycles. The van der Waals surface area contributed by atoms with E-state index in [0.717, 1.165) is 17.8 Å². The molecule has 0 bridgehead atoms. The maximum Gasteiger partial charge on any atom is 0.236 e. The molecule has 0 spiro atoms. The molecule has 0 saturated carbocycles. The molecular weight excluding hydrogens is 204 g/mol. The highest BCUT2D eigenvalue weighted by Crippen LogP contribution is 2.03. The average molecular weight is 224 g/mol. The van der Waals surface area contributed by atoms with Gasteiger partial charge >= 0.3 is 0 Å². The van der Waals surface area contributed by atoms with Crippen LogP contribution in [0.25, 0.3) is 0 Å². The number of aryl methyl sites for hydroxylation is 2. The average Bonchev–Trinajstić information content (AvgIpc) is 2.65. The number of hydrogen-bond acceptors (Lipinski definition) is 3. The van der Waals surface area contributed by atoms with Gasteiger partial charge in [-0.25, -0.2) is 0 Å². The van der Waals surface area contributed by atoms with Crippen molar-refractivity contribution in [2.45, 2.75) is 32.9 Å². The largest absolute Gasteiger partial charge is 0.358 e. The van der Waals surface area contributed by atoms with E-state index in [4.69, 9.17) is 0 Å². The molecule has 0 aliphatic carbocycles. The van der Waals surface area contributed by atoms with Crippen LogP contribution in [0.1, 0.15) is 25.2 Å². The van der Waals surface area contributed by atoms with Crippen molar-refractivity contribution in [1.82, 2.24) is 20.4 Å². The van der Waals surface area contributed by atoms with Gasteiger partial charge in [0.05, 0.1) is 17.4 Å². The van der Waals surface area contributed by atoms with Crippen molar-refractivity contribution in [2.75, 3.05) is 7.05 Å². The Morgan fingerprint density at radius 3 is 2.81 bits per heavy atom. The van der Waals surface area contributed by atoms with Crippen LogP contribution in [0.15, 0.2) is 6.07 Å². The summed E-state index contributed by atoms with van der Waals surface area (Å²) in [5.41, 5.74) is 2.17. The Labute approximate surface area is 96.2 Å². The maximum absolute atomic E-state index is 11.3. The second-order valence-corrected chi connectivity index (χ2v) is 3.82. The van der Waals surface area contributed by atoms with Gasteiger partial charge in [0.15, 0.2) is 0 Å². The van der Waals surface area contributed by atoms with E-state index in [1.54, 1.807) is 7.05 Å². The van der Waals surface area contributed by atoms with Crippen LogP contribution in [0.5, 0.6) is 0 Å². The Kier molecular flexibility index (Phi) is 4.49. The molecule has 1 atom stereocenters. The van der Waals surface area contributed by atoms with Gasteiger partial charge in [-0.1, -0.05) is 6.92 Å². The number of hydrogen-bond donors (Lipinski definition) is 2. The van der Waals surface area contributed by atoms with Gasteiger partial charge in [0.1, 0.15) is 0 Å². The molecule has 2 N–H and O–H groups in total. The first kappa shape index (κ1) is 12.7. The summed E-state index contributed by atoms with van der Waals surface area (Å²) in [5.74, 6) is -0.00196. The third-order valence-electron chi connectivity index (χ3n) is 2.62. The standard InChI is InChI=1S/C11H20N4O/c1-5-9-6-10(15(4)14-9)7-13-8(2)11(16)12-3/h6,8,13H,5,7H2,1-4H3,(H,12,16). The van der Waals surface area contributed by atoms with Crippen molar-refractivity contribution in [1.29, 1.82) is 0 Å². The number of amides is 1. The molecule has 1 unspecified atom stereocenters. The molecule has 0 radical (unpaired) electrons. The summed E-state index contributed by atoms with van der Waals surface area (Å²) in [6.45, 7) is 4.57. The van der Waals surface area contributed by atoms with E-state index >= 15 is 0 Å². The summed E-state index contributed by atoms with van der Waals surface area (Å²) in [5, 5.41) is 10.1. The number of aromatic nitrogens is 2. The number of nitrogens with zero attached hydrogens (tertiary/aromatic N) is 2. The number of carbonyl (C=O) groups excluding carboxylic acids is 1. The minimum atomic E-state index is -0.190. The lowest BCUT2D eigenvalue weighted by molar-refractivity contribution is -0.122. The normalized spacial score (nSPS) is 12.5. The fraction of sp³-hybridized carbons (Fsp3) is 0.636. The Morgan fingerprint density at radius 1 is 1.62 bits per heavy atom. The Morgan fingerprint density at radius 2 is 2.31 bits per heavy atom. The minimum absolute atomic E-state index is 0.00196. The van der Waals surface area contributed by atoms with Crippen LogP contribution in [-0.2, 0) is 24.8 Å². The fourth-order valence-corrected chi connectivity index (χ4v) is 1.48. The summed E-state index contributed by atoms with van der Waals surface area (Å²) in [6.07, 6.45) is 0.929. The summed E-state index contributed by atoms with van der Waals surface area (Å²) >= 11 is 0. The van der Waals surface area contributed by atoms with E-state index < -0.39 is 0 Å². The summed E-state index contributed by atoms with van der Waals surface area (Å²) in [6, 6.07) is 1.87. The van der Waals surface area contributed by atoms with Crippen LogP contribution in [0.2, 0.25) is 0 Å². The van der Waals surface area contributed by atoms with Crippen molar-refractivity contribution in [3.63, 3.8) is 0 Å². The molecule has 90 valence electrons. The third kappa shape index (κ3) is 3.06. The first-order valence-corrected chi connectivity index (χ1v) is 5.55. The van der Waals surface area contributed by atoms with Crippen LogP contribution < -0.4 is 10.6 Å². The predicted molar refractivity (Wildman–Crippen MR) is 63.0 cm³/mol. The van der Waals surface area contributed by atoms with Gasteiger partial charge in [-0.15, -0.1) is 0 Å². The van der Waals surface area contributed by atoms with Gasteiger partial charge in [0.2, 0.25) is 5.91 Å². The van der Waals surface area contributed by atoms with Crippen LogP contribution in [0, 0.1) is 0 Å². The fourth-order valence-electron chi connectivity index (χ4n) is 1.48. The van der Waals surface area contributed by atoms with Gasteiger partial charge in [0.25, 0.3) is 0 Å². The second-order valence-electron chi connectivity index (χ2n) is 3.82. The van der Waals surface area contributed by atoms with Crippen molar-refractivity contribution in [3.8, 4) is 0 Å². The monoisotopic (exact) mass is 224 g/mol. The van der Waals surface area contributed by atoms with Gasteiger partial charge in [0, 0.05) is 20.6 Å². The summed E-state index contributed by atoms with van der Waals surface area (Å²) < 4.78 is 1.85. The predicted octanol–water partition coefficient (Wildman–Crippen LogP) is 0.207. The molecule has 5 nitrogen and oxygen atoms in total. The van der Waals surface area contributed by atoms with Gasteiger partial charge in [-0.05, 0) is 19.4 Å². The Hall–Kier alpha value is -1.36. The van der Waals surface area contributed by atoms with Crippen molar-refractivity contribution >= 4 is 5.91 Å². The molecule has 0 aliphatic rings. The van der Waals surface area contributed by atoms with E-state index in [9.17, 15) is 4.79 Å². The zero-order valence-electron chi connectivity index (χ0n) is 10.4. The Balaban J connectivity index is 2.54. The molecule has 1 rings (SSSR count). The van der Waals surface area contributed by atoms with E-state index in [0.29, 0.717) is 6.54 Å². The zero-order chi connectivity index (χ0) is 12.1. The molecule has 0 aliphatic heterocycles. The highest BCUT2D eigenvalue weighted by atomic mass is 16.2. The minimum Gasteiger partial charge on any atom is -0.358 e. The highest BCUT2D eigenvalue weighted by Gasteiger charge is 2.11. The van der Waals surface area contributed by atoms with Crippen LogP contribution in [-0.4, -0.2) is 28.8 Å². The quantitative estimate of drug-likeness (QED) is 0.751. The van der Waals surface area contributed by atoms with Gasteiger partial charge in [-0.3, -0.25) is 9.48 Å². The molecule has 1 amide bonds. The summed E-state index contributed by atoms with van der Waals surface area (Å²) in [4.78, 5) is 11.3. The van der Waals surface area contributed by atoms with E-state index in [-0.39, 0.29) is 11.9 Å². The lowest BCUT2D eigenvalue weighted by Gasteiger charge is -2.11. The third-order valence-corrected chi connectivity index (χ3v) is 2.62. The topological polar surface area (TPSA) is 59.0 Å². The number of rotatable bonds is 5. The van der Waals surface area contributed by atoms with Crippen molar-refractivity contribution in [3.05, 3.63) is 17.5 Å². The SMILES string of the molecule is CCc1cc(CNC(C)C(=O)NC)n(C)n1. The first-order valence-electron chi connectivity index (χ1n) is 5.55. The van der Waals surface area contributed by atoms with Crippen LogP contribution >= 0.6 is 0 Å². The maximum atomic E-state index is 11.3. The molecule has 1 heterocycles. The highest BCUT2D eigenvalue weighted by molar-refractivity contribution is 5.80. The second kappa shape index (κ2) is 5.65.